The number of imidazole rings is 1. The van der Waals surface area contributed by atoms with Crippen molar-refractivity contribution in [3.05, 3.63) is 57.2 Å². The van der Waals surface area contributed by atoms with Crippen LogP contribution in [0.4, 0.5) is 0 Å². The fourth-order valence-corrected chi connectivity index (χ4v) is 2.77. The summed E-state index contributed by atoms with van der Waals surface area (Å²) in [4.78, 5) is 4.66. The van der Waals surface area contributed by atoms with Crippen molar-refractivity contribution in [2.45, 2.75) is 6.92 Å². The van der Waals surface area contributed by atoms with E-state index in [1.165, 1.54) is 0 Å². The molecule has 0 N–H and O–H groups in total. The predicted octanol–water partition coefficient (Wildman–Crippen LogP) is 4.83. The maximum Gasteiger partial charge on any atom is 0.137 e. The minimum Gasteiger partial charge on any atom is -0.303 e. The second-order valence-corrected chi connectivity index (χ2v) is 5.81. The van der Waals surface area contributed by atoms with E-state index in [1.54, 1.807) is 0 Å². The van der Waals surface area contributed by atoms with Crippen LogP contribution in [0.3, 0.4) is 0 Å². The van der Waals surface area contributed by atoms with Crippen LogP contribution < -0.4 is 0 Å². The number of nitrogens with zero attached hydrogens (tertiary/aromatic N) is 2. The molecule has 0 amide bonds. The minimum absolute atomic E-state index is 0.960. The number of hydrogen-bond donors (Lipinski definition) is 0. The van der Waals surface area contributed by atoms with Gasteiger partial charge in [0.05, 0.1) is 5.69 Å². The number of pyridine rings is 1. The Morgan fingerprint density at radius 3 is 2.56 bits per heavy atom. The number of rotatable bonds is 1. The molecule has 0 aliphatic rings. The smallest absolute Gasteiger partial charge is 0.137 e. The maximum atomic E-state index is 4.66. The Kier molecular flexibility index (Phi) is 2.99. The zero-order chi connectivity index (χ0) is 12.7. The predicted molar refractivity (Wildman–Crippen MR) is 80.8 cm³/mol. The van der Waals surface area contributed by atoms with Crippen LogP contribution >= 0.6 is 31.9 Å². The van der Waals surface area contributed by atoms with Gasteiger partial charge in [-0.15, -0.1) is 0 Å². The maximum absolute atomic E-state index is 4.66. The van der Waals surface area contributed by atoms with Crippen molar-refractivity contribution < 1.29 is 0 Å². The highest BCUT2D eigenvalue weighted by atomic mass is 79.9. The highest BCUT2D eigenvalue weighted by molar-refractivity contribution is 9.10. The molecule has 4 heteroatoms. The molecule has 0 saturated heterocycles. The number of fused-ring (bicyclic) bond motifs is 1. The molecule has 0 radical (unpaired) electrons. The summed E-state index contributed by atoms with van der Waals surface area (Å²) in [6.07, 6.45) is 2.06. The summed E-state index contributed by atoms with van der Waals surface area (Å²) in [7, 11) is 0. The lowest BCUT2D eigenvalue weighted by Gasteiger charge is -2.00. The Bertz CT molecular complexity index is 732. The fraction of sp³-hybridized carbons (Fsp3) is 0.0714. The quantitative estimate of drug-likeness (QED) is 0.603. The Morgan fingerprint density at radius 1 is 1.00 bits per heavy atom. The fourth-order valence-electron chi connectivity index (χ4n) is 1.96. The minimum atomic E-state index is 0.960. The highest BCUT2D eigenvalue weighted by Crippen LogP contribution is 2.28. The van der Waals surface area contributed by atoms with Crippen LogP contribution in [0.1, 0.15) is 5.69 Å². The van der Waals surface area contributed by atoms with Gasteiger partial charge in [0, 0.05) is 26.4 Å². The zero-order valence-electron chi connectivity index (χ0n) is 9.69. The van der Waals surface area contributed by atoms with Crippen molar-refractivity contribution in [1.82, 2.24) is 9.38 Å². The van der Waals surface area contributed by atoms with Gasteiger partial charge in [0.1, 0.15) is 5.65 Å². The Hall–Kier alpha value is -1.13. The molecular formula is C14H10Br2N2. The van der Waals surface area contributed by atoms with E-state index >= 15 is 0 Å². The van der Waals surface area contributed by atoms with Gasteiger partial charge in [-0.05, 0) is 41.1 Å². The van der Waals surface area contributed by atoms with Gasteiger partial charge < -0.3 is 4.40 Å². The highest BCUT2D eigenvalue weighted by Gasteiger charge is 2.09. The zero-order valence-corrected chi connectivity index (χ0v) is 12.9. The molecule has 18 heavy (non-hydrogen) atoms. The van der Waals surface area contributed by atoms with Crippen LogP contribution in [0.25, 0.3) is 16.9 Å². The summed E-state index contributed by atoms with van der Waals surface area (Å²) < 4.78 is 4.25. The lowest BCUT2D eigenvalue weighted by atomic mass is 10.2. The monoisotopic (exact) mass is 364 g/mol. The summed E-state index contributed by atoms with van der Waals surface area (Å²) in [5, 5.41) is 0. The molecule has 2 nitrogen and oxygen atoms in total. The van der Waals surface area contributed by atoms with E-state index in [4.69, 9.17) is 0 Å². The molecule has 3 rings (SSSR count). The summed E-state index contributed by atoms with van der Waals surface area (Å²) >= 11 is 7.10. The van der Waals surface area contributed by atoms with E-state index in [0.717, 1.165) is 31.5 Å². The molecular weight excluding hydrogens is 356 g/mol. The first-order chi connectivity index (χ1) is 8.66. The third-order valence-corrected chi connectivity index (χ3v) is 4.50. The average Bonchev–Trinajstić information content (AvgIpc) is 2.79. The van der Waals surface area contributed by atoms with Crippen molar-refractivity contribution in [2.24, 2.45) is 0 Å². The van der Waals surface area contributed by atoms with Crippen LogP contribution in [0.5, 0.6) is 0 Å². The Morgan fingerprint density at radius 2 is 1.78 bits per heavy atom. The van der Waals surface area contributed by atoms with Gasteiger partial charge in [-0.2, -0.15) is 0 Å². The molecule has 0 fully saturated rings. The van der Waals surface area contributed by atoms with E-state index in [1.807, 2.05) is 30.3 Å². The number of hydrogen-bond acceptors (Lipinski definition) is 1. The van der Waals surface area contributed by atoms with Gasteiger partial charge in [-0.25, -0.2) is 4.98 Å². The lowest BCUT2D eigenvalue weighted by Crippen LogP contribution is -1.89. The van der Waals surface area contributed by atoms with Crippen molar-refractivity contribution in [1.29, 1.82) is 0 Å². The van der Waals surface area contributed by atoms with E-state index < -0.39 is 0 Å². The third-order valence-electron chi connectivity index (χ3n) is 2.97. The Labute approximate surface area is 122 Å². The molecule has 0 atom stereocenters. The number of aryl methyl sites for hydroxylation is 1. The summed E-state index contributed by atoms with van der Waals surface area (Å²) in [5.74, 6) is 0. The molecule has 3 aromatic rings. The van der Waals surface area contributed by atoms with Gasteiger partial charge in [-0.1, -0.05) is 34.1 Å². The topological polar surface area (TPSA) is 17.3 Å². The second-order valence-electron chi connectivity index (χ2n) is 4.10. The molecule has 0 saturated carbocycles. The lowest BCUT2D eigenvalue weighted by molar-refractivity contribution is 1.08. The number of aromatic nitrogens is 2. The molecule has 0 spiro atoms. The molecule has 0 aliphatic heterocycles. The van der Waals surface area contributed by atoms with Crippen molar-refractivity contribution in [2.75, 3.05) is 0 Å². The van der Waals surface area contributed by atoms with Crippen LogP contribution in [0, 0.1) is 6.92 Å². The van der Waals surface area contributed by atoms with Crippen molar-refractivity contribution in [3.8, 4) is 11.3 Å². The Balaban J connectivity index is 2.26. The summed E-state index contributed by atoms with van der Waals surface area (Å²) in [6, 6.07) is 12.2. The van der Waals surface area contributed by atoms with Gasteiger partial charge in [0.2, 0.25) is 0 Å². The number of halogens is 2. The van der Waals surface area contributed by atoms with E-state index in [-0.39, 0.29) is 0 Å². The van der Waals surface area contributed by atoms with Gasteiger partial charge in [-0.3, -0.25) is 0 Å². The van der Waals surface area contributed by atoms with Crippen molar-refractivity contribution in [3.63, 3.8) is 0 Å². The van der Waals surface area contributed by atoms with E-state index in [2.05, 4.69) is 60.4 Å². The van der Waals surface area contributed by atoms with Gasteiger partial charge in [0.25, 0.3) is 0 Å². The van der Waals surface area contributed by atoms with Crippen LogP contribution in [0.15, 0.2) is 51.5 Å². The first-order valence-electron chi connectivity index (χ1n) is 5.56. The van der Waals surface area contributed by atoms with Gasteiger partial charge >= 0.3 is 0 Å². The molecule has 0 aliphatic carbocycles. The molecule has 0 bridgehead atoms. The largest absolute Gasteiger partial charge is 0.303 e. The molecule has 0 unspecified atom stereocenters. The average molecular weight is 366 g/mol. The van der Waals surface area contributed by atoms with Gasteiger partial charge in [0.15, 0.2) is 0 Å². The van der Waals surface area contributed by atoms with Crippen molar-refractivity contribution >= 4 is 37.5 Å². The van der Waals surface area contributed by atoms with Crippen LogP contribution in [0.2, 0.25) is 0 Å². The number of benzene rings is 1. The summed E-state index contributed by atoms with van der Waals surface area (Å²) in [6.45, 7) is 2.07. The van der Waals surface area contributed by atoms with Crippen LogP contribution in [-0.4, -0.2) is 9.38 Å². The molecule has 1 aromatic carbocycles. The first kappa shape index (κ1) is 11.9. The third kappa shape index (κ3) is 1.89. The SMILES string of the molecule is Cc1c(Br)ccc2nc(-c3ccccc3Br)cn12. The second kappa shape index (κ2) is 4.52. The van der Waals surface area contributed by atoms with E-state index in [0.29, 0.717) is 0 Å². The molecule has 2 heterocycles. The van der Waals surface area contributed by atoms with Crippen LogP contribution in [-0.2, 0) is 0 Å². The molecule has 2 aromatic heterocycles. The standard InChI is InChI=1S/C14H10Br2N2/c1-9-11(15)6-7-14-17-13(8-18(9)14)10-4-2-3-5-12(10)16/h2-8H,1H3. The normalized spacial score (nSPS) is 11.1. The van der Waals surface area contributed by atoms with E-state index in [9.17, 15) is 0 Å². The molecule has 90 valence electrons. The first-order valence-corrected chi connectivity index (χ1v) is 7.14. The summed E-state index contributed by atoms with van der Waals surface area (Å²) in [5.41, 5.74) is 4.19.